The summed E-state index contributed by atoms with van der Waals surface area (Å²) in [5, 5.41) is 7.35. The summed E-state index contributed by atoms with van der Waals surface area (Å²) >= 11 is 0. The summed E-state index contributed by atoms with van der Waals surface area (Å²) in [7, 11) is 1.63. The zero-order valence-corrected chi connectivity index (χ0v) is 16.6. The van der Waals surface area contributed by atoms with E-state index in [-0.39, 0.29) is 11.9 Å². The first kappa shape index (κ1) is 19.4. The van der Waals surface area contributed by atoms with E-state index in [1.54, 1.807) is 25.7 Å². The van der Waals surface area contributed by atoms with Gasteiger partial charge in [0.05, 0.1) is 19.7 Å². The average Bonchev–Trinajstić information content (AvgIpc) is 3.31. The first-order valence-corrected chi connectivity index (χ1v) is 9.64. The molecule has 1 atom stereocenters. The highest BCUT2D eigenvalue weighted by molar-refractivity contribution is 5.94. The fourth-order valence-electron chi connectivity index (χ4n) is 3.27. The monoisotopic (exact) mass is 398 g/mol. The summed E-state index contributed by atoms with van der Waals surface area (Å²) in [4.78, 5) is 17.1. The number of rotatable bonds is 7. The van der Waals surface area contributed by atoms with Crippen molar-refractivity contribution in [3.63, 3.8) is 0 Å². The number of ether oxygens (including phenoxy) is 1. The summed E-state index contributed by atoms with van der Waals surface area (Å²) in [5.41, 5.74) is 3.60. The maximum Gasteiger partial charge on any atom is 0.252 e. The molecule has 0 aliphatic rings. The minimum Gasteiger partial charge on any atom is -0.497 e. The lowest BCUT2D eigenvalue weighted by molar-refractivity contribution is 0.0943. The molecule has 4 rings (SSSR count). The second-order valence-electron chi connectivity index (χ2n) is 6.86. The Kier molecular flexibility index (Phi) is 5.85. The van der Waals surface area contributed by atoms with Crippen LogP contribution in [0.5, 0.6) is 5.75 Å². The van der Waals surface area contributed by atoms with Gasteiger partial charge >= 0.3 is 0 Å². The van der Waals surface area contributed by atoms with Crippen molar-refractivity contribution in [2.24, 2.45) is 0 Å². The van der Waals surface area contributed by atoms with Crippen LogP contribution in [-0.4, -0.2) is 27.8 Å². The number of nitrogens with zero attached hydrogens (tertiary/aromatic N) is 3. The Morgan fingerprint density at radius 2 is 1.67 bits per heavy atom. The lowest BCUT2D eigenvalue weighted by Crippen LogP contribution is -2.29. The van der Waals surface area contributed by atoms with Gasteiger partial charge < -0.3 is 10.1 Å². The van der Waals surface area contributed by atoms with Crippen LogP contribution >= 0.6 is 0 Å². The predicted molar refractivity (Wildman–Crippen MR) is 114 cm³/mol. The molecule has 2 heterocycles. The van der Waals surface area contributed by atoms with Crippen LogP contribution in [0.3, 0.4) is 0 Å². The first-order valence-electron chi connectivity index (χ1n) is 9.64. The third kappa shape index (κ3) is 4.55. The molecule has 2 aromatic carbocycles. The van der Waals surface area contributed by atoms with Gasteiger partial charge in [-0.25, -0.2) is 0 Å². The molecule has 0 bridgehead atoms. The molecule has 0 aliphatic heterocycles. The van der Waals surface area contributed by atoms with Gasteiger partial charge in [-0.1, -0.05) is 24.3 Å². The van der Waals surface area contributed by atoms with Crippen molar-refractivity contribution in [2.75, 3.05) is 7.11 Å². The van der Waals surface area contributed by atoms with Gasteiger partial charge in [-0.15, -0.1) is 0 Å². The van der Waals surface area contributed by atoms with Gasteiger partial charge in [0.15, 0.2) is 0 Å². The average molecular weight is 398 g/mol. The maximum absolute atomic E-state index is 13.0. The molecule has 2 aromatic heterocycles. The Hall–Kier alpha value is -3.93. The number of methoxy groups -OCH3 is 1. The molecule has 6 nitrogen and oxygen atoms in total. The van der Waals surface area contributed by atoms with Crippen molar-refractivity contribution < 1.29 is 9.53 Å². The normalized spacial score (nSPS) is 11.6. The molecule has 0 saturated heterocycles. The van der Waals surface area contributed by atoms with E-state index in [0.29, 0.717) is 12.1 Å². The SMILES string of the molecule is COc1ccc(C(NC(=O)c2ccc(Cn3cccn3)cc2)c2ccncc2)cc1. The molecule has 1 unspecified atom stereocenters. The van der Waals surface area contributed by atoms with Gasteiger partial charge in [0.25, 0.3) is 5.91 Å². The number of hydrogen-bond acceptors (Lipinski definition) is 4. The number of nitrogens with one attached hydrogen (secondary N) is 1. The summed E-state index contributed by atoms with van der Waals surface area (Å²) < 4.78 is 7.10. The highest BCUT2D eigenvalue weighted by atomic mass is 16.5. The molecule has 1 N–H and O–H groups in total. The first-order chi connectivity index (χ1) is 14.7. The number of carbonyl (C=O) groups is 1. The van der Waals surface area contributed by atoms with Gasteiger partial charge in [-0.05, 0) is 59.2 Å². The van der Waals surface area contributed by atoms with E-state index < -0.39 is 0 Å². The quantitative estimate of drug-likeness (QED) is 0.513. The number of aromatic nitrogens is 3. The summed E-state index contributed by atoms with van der Waals surface area (Å²) in [6.07, 6.45) is 7.11. The van der Waals surface area contributed by atoms with Gasteiger partial charge in [-0.3, -0.25) is 14.5 Å². The summed E-state index contributed by atoms with van der Waals surface area (Å²) in [6, 6.07) is 20.7. The zero-order chi connectivity index (χ0) is 20.8. The van der Waals surface area contributed by atoms with E-state index >= 15 is 0 Å². The molecule has 4 aromatic rings. The van der Waals surface area contributed by atoms with E-state index in [1.165, 1.54) is 0 Å². The Labute approximate surface area is 175 Å². The molecule has 6 heteroatoms. The number of carbonyl (C=O) groups excluding carboxylic acids is 1. The van der Waals surface area contributed by atoms with Gasteiger partial charge in [-0.2, -0.15) is 5.10 Å². The second-order valence-corrected chi connectivity index (χ2v) is 6.86. The topological polar surface area (TPSA) is 69.0 Å². The van der Waals surface area contributed by atoms with E-state index in [1.807, 2.05) is 77.6 Å². The van der Waals surface area contributed by atoms with E-state index in [4.69, 9.17) is 4.74 Å². The fourth-order valence-corrected chi connectivity index (χ4v) is 3.27. The summed E-state index contributed by atoms with van der Waals surface area (Å²) in [6.45, 7) is 0.667. The molecule has 0 spiro atoms. The van der Waals surface area contributed by atoms with Crippen LogP contribution in [0.15, 0.2) is 91.5 Å². The van der Waals surface area contributed by atoms with Crippen molar-refractivity contribution >= 4 is 5.91 Å². The highest BCUT2D eigenvalue weighted by Gasteiger charge is 2.18. The van der Waals surface area contributed by atoms with E-state index in [9.17, 15) is 4.79 Å². The number of amides is 1. The minimum absolute atomic E-state index is 0.140. The van der Waals surface area contributed by atoms with Crippen LogP contribution in [0.2, 0.25) is 0 Å². The Morgan fingerprint density at radius 3 is 2.30 bits per heavy atom. The van der Waals surface area contributed by atoms with Crippen LogP contribution in [0.25, 0.3) is 0 Å². The van der Waals surface area contributed by atoms with Crippen LogP contribution < -0.4 is 10.1 Å². The molecule has 0 radical (unpaired) electrons. The molecule has 30 heavy (non-hydrogen) atoms. The Balaban J connectivity index is 1.54. The molecule has 1 amide bonds. The second kappa shape index (κ2) is 9.05. The molecule has 0 saturated carbocycles. The molecule has 0 fully saturated rings. The standard InChI is InChI=1S/C24H22N4O2/c1-30-22-9-7-19(8-10-22)23(20-11-14-25-15-12-20)27-24(29)21-5-3-18(4-6-21)17-28-16-2-13-26-28/h2-16,23H,17H2,1H3,(H,27,29). The predicted octanol–water partition coefficient (Wildman–Crippen LogP) is 3.85. The van der Waals surface area contributed by atoms with Crippen molar-refractivity contribution in [1.82, 2.24) is 20.1 Å². The van der Waals surface area contributed by atoms with Crippen molar-refractivity contribution in [3.05, 3.63) is 114 Å². The van der Waals surface area contributed by atoms with Gasteiger partial charge in [0.2, 0.25) is 0 Å². The minimum atomic E-state index is -0.296. The van der Waals surface area contributed by atoms with Crippen LogP contribution in [-0.2, 0) is 6.54 Å². The lowest BCUT2D eigenvalue weighted by Gasteiger charge is -2.20. The number of pyridine rings is 1. The van der Waals surface area contributed by atoms with E-state index in [0.717, 1.165) is 22.4 Å². The fraction of sp³-hybridized carbons (Fsp3) is 0.125. The van der Waals surface area contributed by atoms with Crippen LogP contribution in [0, 0.1) is 0 Å². The number of benzene rings is 2. The number of hydrogen-bond donors (Lipinski definition) is 1. The highest BCUT2D eigenvalue weighted by Crippen LogP contribution is 2.24. The largest absolute Gasteiger partial charge is 0.497 e. The van der Waals surface area contributed by atoms with E-state index in [2.05, 4.69) is 15.4 Å². The molecular weight excluding hydrogens is 376 g/mol. The molecular formula is C24H22N4O2. The Bertz CT molecular complexity index is 1080. The maximum atomic E-state index is 13.0. The van der Waals surface area contributed by atoms with Crippen molar-refractivity contribution in [3.8, 4) is 5.75 Å². The van der Waals surface area contributed by atoms with Crippen LogP contribution in [0.1, 0.15) is 33.1 Å². The summed E-state index contributed by atoms with van der Waals surface area (Å²) in [5.74, 6) is 0.629. The van der Waals surface area contributed by atoms with Crippen molar-refractivity contribution in [2.45, 2.75) is 12.6 Å². The zero-order valence-electron chi connectivity index (χ0n) is 16.6. The lowest BCUT2D eigenvalue weighted by atomic mass is 9.99. The van der Waals surface area contributed by atoms with Gasteiger partial charge in [0.1, 0.15) is 5.75 Å². The smallest absolute Gasteiger partial charge is 0.252 e. The molecule has 0 aliphatic carbocycles. The third-order valence-corrected chi connectivity index (χ3v) is 4.88. The Morgan fingerprint density at radius 1 is 0.967 bits per heavy atom. The third-order valence-electron chi connectivity index (χ3n) is 4.88. The van der Waals surface area contributed by atoms with Crippen molar-refractivity contribution in [1.29, 1.82) is 0 Å². The van der Waals surface area contributed by atoms with Gasteiger partial charge in [0, 0.05) is 30.4 Å². The van der Waals surface area contributed by atoms with Crippen LogP contribution in [0.4, 0.5) is 0 Å². The molecule has 150 valence electrons.